The second-order valence-corrected chi connectivity index (χ2v) is 9.61. The van der Waals surface area contributed by atoms with Crippen LogP contribution in [0.5, 0.6) is 0 Å². The molecule has 0 bridgehead atoms. The molecule has 1 saturated heterocycles. The summed E-state index contributed by atoms with van der Waals surface area (Å²) in [6, 6.07) is 16.3. The number of nitrogens with one attached hydrogen (secondary N) is 1. The molecule has 2 aliphatic rings. The van der Waals surface area contributed by atoms with Crippen LogP contribution in [0.4, 0.5) is 11.4 Å². The highest BCUT2D eigenvalue weighted by molar-refractivity contribution is 6.32. The van der Waals surface area contributed by atoms with E-state index >= 15 is 0 Å². The zero-order valence-electron chi connectivity index (χ0n) is 19.4. The summed E-state index contributed by atoms with van der Waals surface area (Å²) in [5.74, 6) is 0.00982. The Bertz CT molecular complexity index is 1000. The van der Waals surface area contributed by atoms with E-state index < -0.39 is 0 Å². The predicted octanol–water partition coefficient (Wildman–Crippen LogP) is 4.14. The Morgan fingerprint density at radius 1 is 1.06 bits per heavy atom. The summed E-state index contributed by atoms with van der Waals surface area (Å²) in [6.07, 6.45) is 3.90. The van der Waals surface area contributed by atoms with Crippen LogP contribution in [-0.2, 0) is 0 Å². The van der Waals surface area contributed by atoms with Crippen molar-refractivity contribution in [2.24, 2.45) is 0 Å². The minimum absolute atomic E-state index is 0.00982. The zero-order chi connectivity index (χ0) is 23.4. The summed E-state index contributed by atoms with van der Waals surface area (Å²) in [7, 11) is 4.22. The van der Waals surface area contributed by atoms with Gasteiger partial charge in [-0.15, -0.1) is 0 Å². The number of nitrogens with zero attached hydrogens (tertiary/aromatic N) is 4. The molecule has 1 N–H and O–H groups in total. The molecule has 1 aliphatic heterocycles. The van der Waals surface area contributed by atoms with Gasteiger partial charge in [-0.3, -0.25) is 4.79 Å². The van der Waals surface area contributed by atoms with Gasteiger partial charge < -0.3 is 20.0 Å². The lowest BCUT2D eigenvalue weighted by atomic mass is 9.90. The minimum Gasteiger partial charge on any atom is -0.372 e. The van der Waals surface area contributed by atoms with Crippen molar-refractivity contribution >= 4 is 28.9 Å². The molecule has 6 nitrogen and oxygen atoms in total. The molecular formula is C26H32ClN5O. The number of rotatable bonds is 5. The number of benzene rings is 2. The van der Waals surface area contributed by atoms with Crippen molar-refractivity contribution in [2.75, 3.05) is 50.1 Å². The monoisotopic (exact) mass is 465 g/mol. The lowest BCUT2D eigenvalue weighted by molar-refractivity contribution is 0.0926. The zero-order valence-corrected chi connectivity index (χ0v) is 20.2. The summed E-state index contributed by atoms with van der Waals surface area (Å²) >= 11 is 6.21. The molecule has 2 aromatic carbocycles. The van der Waals surface area contributed by atoms with E-state index in [4.69, 9.17) is 16.9 Å². The second kappa shape index (κ2) is 10.5. The fourth-order valence-corrected chi connectivity index (χ4v) is 5.01. The number of piperazine rings is 1. The van der Waals surface area contributed by atoms with Gasteiger partial charge in [-0.05, 0) is 75.2 Å². The van der Waals surface area contributed by atoms with Crippen molar-refractivity contribution in [1.82, 2.24) is 10.2 Å². The van der Waals surface area contributed by atoms with Crippen LogP contribution in [-0.4, -0.2) is 63.2 Å². The van der Waals surface area contributed by atoms with Gasteiger partial charge in [0.25, 0.3) is 5.91 Å². The van der Waals surface area contributed by atoms with E-state index in [9.17, 15) is 4.79 Å². The van der Waals surface area contributed by atoms with E-state index in [1.807, 2.05) is 24.3 Å². The lowest BCUT2D eigenvalue weighted by Gasteiger charge is -2.36. The quantitative estimate of drug-likeness (QED) is 0.719. The highest BCUT2D eigenvalue weighted by atomic mass is 35.5. The number of carbonyl (C=O) groups is 1. The first kappa shape index (κ1) is 23.4. The van der Waals surface area contributed by atoms with E-state index in [1.165, 1.54) is 5.69 Å². The van der Waals surface area contributed by atoms with Gasteiger partial charge in [-0.1, -0.05) is 11.6 Å². The smallest absolute Gasteiger partial charge is 0.251 e. The second-order valence-electron chi connectivity index (χ2n) is 9.20. The van der Waals surface area contributed by atoms with Gasteiger partial charge in [0.05, 0.1) is 10.6 Å². The normalized spacial score (nSPS) is 21.3. The van der Waals surface area contributed by atoms with Crippen molar-refractivity contribution in [2.45, 2.75) is 37.8 Å². The number of amides is 1. The van der Waals surface area contributed by atoms with Crippen LogP contribution in [0.1, 0.15) is 41.6 Å². The number of hydrogen-bond donors (Lipinski definition) is 1. The molecule has 7 heteroatoms. The molecule has 1 amide bonds. The van der Waals surface area contributed by atoms with Crippen LogP contribution < -0.4 is 15.1 Å². The van der Waals surface area contributed by atoms with Gasteiger partial charge in [0.1, 0.15) is 6.07 Å². The van der Waals surface area contributed by atoms with Crippen LogP contribution in [0, 0.1) is 11.3 Å². The number of hydrogen-bond acceptors (Lipinski definition) is 5. The molecule has 0 radical (unpaired) electrons. The van der Waals surface area contributed by atoms with E-state index in [0.717, 1.165) is 63.1 Å². The summed E-state index contributed by atoms with van der Waals surface area (Å²) < 4.78 is 0. The first-order valence-corrected chi connectivity index (χ1v) is 12.1. The average molecular weight is 466 g/mol. The van der Waals surface area contributed by atoms with Crippen molar-refractivity contribution in [1.29, 1.82) is 5.26 Å². The SMILES string of the molecule is CN1CCN(c2ccc(C(=O)NC3CCC(N(C)c4ccc(C#N)c(Cl)c4)CC3)cc2)CC1. The molecule has 1 heterocycles. The Morgan fingerprint density at radius 2 is 1.73 bits per heavy atom. The van der Waals surface area contributed by atoms with Gasteiger partial charge in [0.15, 0.2) is 0 Å². The van der Waals surface area contributed by atoms with E-state index in [2.05, 4.69) is 52.3 Å². The molecule has 174 valence electrons. The maximum absolute atomic E-state index is 12.8. The summed E-state index contributed by atoms with van der Waals surface area (Å²) in [4.78, 5) is 19.7. The number of anilines is 2. The van der Waals surface area contributed by atoms with E-state index in [0.29, 0.717) is 16.6 Å². The van der Waals surface area contributed by atoms with Crippen LogP contribution in [0.3, 0.4) is 0 Å². The summed E-state index contributed by atoms with van der Waals surface area (Å²) in [6.45, 7) is 4.18. The largest absolute Gasteiger partial charge is 0.372 e. The molecule has 2 aromatic rings. The average Bonchev–Trinajstić information content (AvgIpc) is 2.84. The van der Waals surface area contributed by atoms with Crippen LogP contribution >= 0.6 is 11.6 Å². The van der Waals surface area contributed by atoms with E-state index in [1.54, 1.807) is 6.07 Å². The van der Waals surface area contributed by atoms with Crippen molar-refractivity contribution in [3.8, 4) is 6.07 Å². The topological polar surface area (TPSA) is 62.6 Å². The first-order chi connectivity index (χ1) is 15.9. The third-order valence-electron chi connectivity index (χ3n) is 7.06. The van der Waals surface area contributed by atoms with Gasteiger partial charge in [0.2, 0.25) is 0 Å². The minimum atomic E-state index is 0.00982. The third-order valence-corrected chi connectivity index (χ3v) is 7.37. The lowest BCUT2D eigenvalue weighted by Crippen LogP contribution is -2.44. The molecule has 0 unspecified atom stereocenters. The molecule has 1 saturated carbocycles. The fraction of sp³-hybridized carbons (Fsp3) is 0.462. The molecule has 33 heavy (non-hydrogen) atoms. The first-order valence-electron chi connectivity index (χ1n) is 11.7. The summed E-state index contributed by atoms with van der Waals surface area (Å²) in [5, 5.41) is 12.8. The molecular weight excluding hydrogens is 434 g/mol. The molecule has 1 aliphatic carbocycles. The molecule has 0 aromatic heterocycles. The number of halogens is 1. The number of nitriles is 1. The van der Waals surface area contributed by atoms with Crippen LogP contribution in [0.15, 0.2) is 42.5 Å². The highest BCUT2D eigenvalue weighted by Crippen LogP contribution is 2.29. The van der Waals surface area contributed by atoms with Gasteiger partial charge in [-0.2, -0.15) is 5.26 Å². The number of likely N-dealkylation sites (N-methyl/N-ethyl adjacent to an activating group) is 1. The van der Waals surface area contributed by atoms with E-state index in [-0.39, 0.29) is 11.9 Å². The Kier molecular flexibility index (Phi) is 7.42. The fourth-order valence-electron chi connectivity index (χ4n) is 4.79. The Balaban J connectivity index is 1.27. The van der Waals surface area contributed by atoms with Crippen molar-refractivity contribution in [3.05, 3.63) is 58.6 Å². The molecule has 2 fully saturated rings. The van der Waals surface area contributed by atoms with Gasteiger partial charge in [-0.25, -0.2) is 0 Å². The maximum atomic E-state index is 12.8. The van der Waals surface area contributed by atoms with Crippen molar-refractivity contribution < 1.29 is 4.79 Å². The Labute approximate surface area is 201 Å². The van der Waals surface area contributed by atoms with Gasteiger partial charge >= 0.3 is 0 Å². The predicted molar refractivity (Wildman–Crippen MR) is 134 cm³/mol. The van der Waals surface area contributed by atoms with Crippen molar-refractivity contribution in [3.63, 3.8) is 0 Å². The van der Waals surface area contributed by atoms with Crippen LogP contribution in [0.2, 0.25) is 5.02 Å². The standard InChI is InChI=1S/C26H32ClN5O/c1-30-13-15-32(16-14-30)23-8-3-19(4-9-23)26(33)29-21-6-11-22(12-7-21)31(2)24-10-5-20(18-28)25(27)17-24/h3-5,8-10,17,21-22H,6-7,11-16H2,1-2H3,(H,29,33). The summed E-state index contributed by atoms with van der Waals surface area (Å²) in [5.41, 5.74) is 3.43. The Hall–Kier alpha value is -2.75. The highest BCUT2D eigenvalue weighted by Gasteiger charge is 2.26. The van der Waals surface area contributed by atoms with Crippen LogP contribution in [0.25, 0.3) is 0 Å². The number of carbonyl (C=O) groups excluding carboxylic acids is 1. The maximum Gasteiger partial charge on any atom is 0.251 e. The molecule has 0 atom stereocenters. The third kappa shape index (κ3) is 5.61. The molecule has 0 spiro atoms. The van der Waals surface area contributed by atoms with Gasteiger partial charge in [0, 0.05) is 62.2 Å². The Morgan fingerprint density at radius 3 is 2.33 bits per heavy atom. The molecule has 4 rings (SSSR count).